The van der Waals surface area contributed by atoms with E-state index in [-0.39, 0.29) is 16.3 Å². The number of carbonyl (C=O) groups excluding carboxylic acids is 1. The Balaban J connectivity index is 1.45. The van der Waals surface area contributed by atoms with Gasteiger partial charge >= 0.3 is 0 Å². The molecule has 0 aliphatic rings. The second-order valence-electron chi connectivity index (χ2n) is 7.06. The van der Waals surface area contributed by atoms with Crippen LogP contribution in [0.1, 0.15) is 21.7 Å². The zero-order valence-corrected chi connectivity index (χ0v) is 18.3. The highest BCUT2D eigenvalue weighted by Gasteiger charge is 2.15. The summed E-state index contributed by atoms with van der Waals surface area (Å²) in [4.78, 5) is 31.1. The van der Waals surface area contributed by atoms with Crippen LogP contribution in [0, 0.1) is 24.0 Å². The Bertz CT molecular complexity index is 1350. The number of anilines is 1. The standard InChI is InChI=1S/C22H17ClN6O4/c1-13-9-14(2)28(27-13)20-11-21(25-12-24-20)33-17-6-3-15(4-7-17)26-22(30)18-8-5-16(29(31)32)10-19(18)23/h3-12H,1-2H3,(H,26,30). The molecular weight excluding hydrogens is 448 g/mol. The van der Waals surface area contributed by atoms with Crippen molar-refractivity contribution in [1.29, 1.82) is 0 Å². The van der Waals surface area contributed by atoms with E-state index in [2.05, 4.69) is 20.4 Å². The van der Waals surface area contributed by atoms with E-state index in [0.717, 1.165) is 17.5 Å². The smallest absolute Gasteiger partial charge is 0.270 e. The lowest BCUT2D eigenvalue weighted by molar-refractivity contribution is -0.384. The molecule has 2 aromatic heterocycles. The minimum Gasteiger partial charge on any atom is -0.439 e. The molecule has 33 heavy (non-hydrogen) atoms. The summed E-state index contributed by atoms with van der Waals surface area (Å²) in [5, 5.41) is 17.9. The van der Waals surface area contributed by atoms with Gasteiger partial charge in [-0.3, -0.25) is 14.9 Å². The number of nitrogens with one attached hydrogen (secondary N) is 1. The van der Waals surface area contributed by atoms with Crippen molar-refractivity contribution >= 4 is 28.9 Å². The van der Waals surface area contributed by atoms with Gasteiger partial charge in [-0.2, -0.15) is 5.10 Å². The number of hydrogen-bond donors (Lipinski definition) is 1. The van der Waals surface area contributed by atoms with Crippen molar-refractivity contribution in [3.63, 3.8) is 0 Å². The van der Waals surface area contributed by atoms with Crippen LogP contribution in [0.3, 0.4) is 0 Å². The lowest BCUT2D eigenvalue weighted by Gasteiger charge is -2.09. The Labute approximate surface area is 193 Å². The average molecular weight is 465 g/mol. The summed E-state index contributed by atoms with van der Waals surface area (Å²) in [5.74, 6) is 0.921. The Morgan fingerprint density at radius 1 is 1.09 bits per heavy atom. The van der Waals surface area contributed by atoms with Crippen molar-refractivity contribution in [2.24, 2.45) is 0 Å². The number of ether oxygens (including phenoxy) is 1. The average Bonchev–Trinajstić information content (AvgIpc) is 3.13. The number of aromatic nitrogens is 4. The van der Waals surface area contributed by atoms with E-state index < -0.39 is 10.8 Å². The molecule has 2 aromatic carbocycles. The number of non-ortho nitro benzene ring substituents is 1. The molecule has 11 heteroatoms. The summed E-state index contributed by atoms with van der Waals surface area (Å²) in [6.07, 6.45) is 1.39. The van der Waals surface area contributed by atoms with Gasteiger partial charge in [0.25, 0.3) is 11.6 Å². The van der Waals surface area contributed by atoms with Gasteiger partial charge in [0.1, 0.15) is 12.1 Å². The highest BCUT2D eigenvalue weighted by molar-refractivity contribution is 6.34. The molecule has 4 rings (SSSR count). The van der Waals surface area contributed by atoms with Crippen LogP contribution in [-0.4, -0.2) is 30.6 Å². The van der Waals surface area contributed by atoms with Crippen molar-refractivity contribution in [3.8, 4) is 17.4 Å². The molecule has 0 atom stereocenters. The first-order chi connectivity index (χ1) is 15.8. The quantitative estimate of drug-likeness (QED) is 0.318. The Kier molecular flexibility index (Phi) is 6.01. The third-order valence-corrected chi connectivity index (χ3v) is 4.91. The van der Waals surface area contributed by atoms with Crippen LogP contribution in [0.25, 0.3) is 5.82 Å². The largest absolute Gasteiger partial charge is 0.439 e. The number of nitro groups is 1. The van der Waals surface area contributed by atoms with Crippen LogP contribution in [-0.2, 0) is 0 Å². The molecular formula is C22H17ClN6O4. The topological polar surface area (TPSA) is 125 Å². The van der Waals surface area contributed by atoms with E-state index in [4.69, 9.17) is 16.3 Å². The van der Waals surface area contributed by atoms with Gasteiger partial charge < -0.3 is 10.1 Å². The fourth-order valence-corrected chi connectivity index (χ4v) is 3.35. The number of halogens is 1. The SMILES string of the molecule is Cc1cc(C)n(-c2cc(Oc3ccc(NC(=O)c4ccc([N+](=O)[O-])cc4Cl)cc3)ncn2)n1. The van der Waals surface area contributed by atoms with Crippen LogP contribution >= 0.6 is 11.6 Å². The lowest BCUT2D eigenvalue weighted by Crippen LogP contribution is -2.12. The Hall–Kier alpha value is -4.31. The molecule has 0 aliphatic carbocycles. The summed E-state index contributed by atoms with van der Waals surface area (Å²) in [5.41, 5.74) is 2.24. The van der Waals surface area contributed by atoms with Crippen LogP contribution in [0.15, 0.2) is 60.9 Å². The summed E-state index contributed by atoms with van der Waals surface area (Å²) in [7, 11) is 0. The molecule has 2 heterocycles. The van der Waals surface area contributed by atoms with Crippen LogP contribution in [0.2, 0.25) is 5.02 Å². The Morgan fingerprint density at radius 3 is 2.48 bits per heavy atom. The summed E-state index contributed by atoms with van der Waals surface area (Å²) in [6, 6.07) is 13.9. The van der Waals surface area contributed by atoms with Crippen molar-refractivity contribution in [3.05, 3.63) is 93.0 Å². The van der Waals surface area contributed by atoms with Crippen molar-refractivity contribution < 1.29 is 14.5 Å². The molecule has 0 unspecified atom stereocenters. The van der Waals surface area contributed by atoms with E-state index in [9.17, 15) is 14.9 Å². The van der Waals surface area contributed by atoms with E-state index in [1.807, 2.05) is 19.9 Å². The first-order valence-electron chi connectivity index (χ1n) is 9.69. The summed E-state index contributed by atoms with van der Waals surface area (Å²) in [6.45, 7) is 3.83. The highest BCUT2D eigenvalue weighted by Crippen LogP contribution is 2.25. The minimum atomic E-state index is -0.579. The molecule has 10 nitrogen and oxygen atoms in total. The van der Waals surface area contributed by atoms with E-state index in [1.165, 1.54) is 18.5 Å². The van der Waals surface area contributed by atoms with Gasteiger partial charge in [-0.05, 0) is 50.2 Å². The lowest BCUT2D eigenvalue weighted by atomic mass is 10.2. The third kappa shape index (κ3) is 4.96. The molecule has 0 saturated carbocycles. The molecule has 4 aromatic rings. The molecule has 0 bridgehead atoms. The van der Waals surface area contributed by atoms with Crippen LogP contribution in [0.5, 0.6) is 11.6 Å². The summed E-state index contributed by atoms with van der Waals surface area (Å²) < 4.78 is 7.50. The van der Waals surface area contributed by atoms with Crippen molar-refractivity contribution in [2.75, 3.05) is 5.32 Å². The van der Waals surface area contributed by atoms with Crippen molar-refractivity contribution in [2.45, 2.75) is 13.8 Å². The van der Waals surface area contributed by atoms with Gasteiger partial charge in [-0.15, -0.1) is 0 Å². The molecule has 1 N–H and O–H groups in total. The van der Waals surface area contributed by atoms with Gasteiger partial charge in [0.2, 0.25) is 5.88 Å². The van der Waals surface area contributed by atoms with Gasteiger partial charge in [-0.1, -0.05) is 11.6 Å². The number of amides is 1. The van der Waals surface area contributed by atoms with Crippen LogP contribution < -0.4 is 10.1 Å². The number of aryl methyl sites for hydroxylation is 2. The van der Waals surface area contributed by atoms with E-state index in [0.29, 0.717) is 23.1 Å². The van der Waals surface area contributed by atoms with Gasteiger partial charge in [0.15, 0.2) is 5.82 Å². The third-order valence-electron chi connectivity index (χ3n) is 4.60. The molecule has 166 valence electrons. The van der Waals surface area contributed by atoms with Gasteiger partial charge in [0, 0.05) is 29.6 Å². The number of carbonyl (C=O) groups is 1. The van der Waals surface area contributed by atoms with E-state index in [1.54, 1.807) is 35.0 Å². The minimum absolute atomic E-state index is 0.0103. The molecule has 1 amide bonds. The predicted octanol–water partition coefficient (Wildman–Crippen LogP) is 4.89. The zero-order valence-electron chi connectivity index (χ0n) is 17.5. The van der Waals surface area contributed by atoms with Crippen LogP contribution in [0.4, 0.5) is 11.4 Å². The van der Waals surface area contributed by atoms with Crippen molar-refractivity contribution in [1.82, 2.24) is 19.7 Å². The molecule has 0 saturated heterocycles. The maximum atomic E-state index is 12.5. The number of benzene rings is 2. The Morgan fingerprint density at radius 2 is 1.85 bits per heavy atom. The number of rotatable bonds is 6. The van der Waals surface area contributed by atoms with Gasteiger partial charge in [0.05, 0.1) is 21.2 Å². The normalized spacial score (nSPS) is 10.6. The predicted molar refractivity (Wildman–Crippen MR) is 121 cm³/mol. The number of nitro benzene ring substituents is 1. The molecule has 0 spiro atoms. The fourth-order valence-electron chi connectivity index (χ4n) is 3.09. The molecule has 0 fully saturated rings. The summed E-state index contributed by atoms with van der Waals surface area (Å²) >= 11 is 6.01. The molecule has 0 radical (unpaired) electrons. The second-order valence-corrected chi connectivity index (χ2v) is 7.46. The maximum Gasteiger partial charge on any atom is 0.270 e. The fraction of sp³-hybridized carbons (Fsp3) is 0.0909. The monoisotopic (exact) mass is 464 g/mol. The first kappa shape index (κ1) is 21.9. The number of nitrogens with zero attached hydrogens (tertiary/aromatic N) is 5. The van der Waals surface area contributed by atoms with Gasteiger partial charge in [-0.25, -0.2) is 14.6 Å². The molecule has 0 aliphatic heterocycles. The maximum absolute atomic E-state index is 12.5. The first-order valence-corrected chi connectivity index (χ1v) is 10.1. The van der Waals surface area contributed by atoms with E-state index >= 15 is 0 Å². The zero-order chi connectivity index (χ0) is 23.5. The second kappa shape index (κ2) is 9.05. The highest BCUT2D eigenvalue weighted by atomic mass is 35.5. The number of hydrogen-bond acceptors (Lipinski definition) is 7.